The largest absolute Gasteiger partial charge is 0.330 e. The van der Waals surface area contributed by atoms with E-state index in [1.807, 2.05) is 23.6 Å². The summed E-state index contributed by atoms with van der Waals surface area (Å²) >= 11 is 0. The van der Waals surface area contributed by atoms with E-state index in [1.165, 1.54) is 0 Å². The van der Waals surface area contributed by atoms with Gasteiger partial charge in [-0.25, -0.2) is 4.98 Å². The lowest BCUT2D eigenvalue weighted by Crippen LogP contribution is -2.12. The molecule has 0 aromatic carbocycles. The first-order valence-electron chi connectivity index (χ1n) is 4.18. The van der Waals surface area contributed by atoms with Crippen molar-refractivity contribution in [3.8, 4) is 0 Å². The summed E-state index contributed by atoms with van der Waals surface area (Å²) in [6.45, 7) is 2.58. The number of aromatic nitrogens is 4. The molecule has 2 aromatic heterocycles. The maximum atomic E-state index is 5.55. The zero-order valence-corrected chi connectivity index (χ0v) is 7.38. The summed E-state index contributed by atoms with van der Waals surface area (Å²) < 4.78 is 1.86. The molecule has 1 unspecified atom stereocenters. The van der Waals surface area contributed by atoms with E-state index in [0.29, 0.717) is 12.3 Å². The van der Waals surface area contributed by atoms with Gasteiger partial charge in [0, 0.05) is 24.9 Å². The van der Waals surface area contributed by atoms with Gasteiger partial charge in [-0.2, -0.15) is 0 Å². The lowest BCUT2D eigenvalue weighted by Gasteiger charge is -2.04. The van der Waals surface area contributed by atoms with Crippen LogP contribution in [0, 0.1) is 0 Å². The van der Waals surface area contributed by atoms with E-state index in [4.69, 9.17) is 5.73 Å². The third kappa shape index (κ3) is 1.27. The van der Waals surface area contributed by atoms with Gasteiger partial charge in [0.1, 0.15) is 5.82 Å². The van der Waals surface area contributed by atoms with Crippen LogP contribution in [0.2, 0.25) is 0 Å². The van der Waals surface area contributed by atoms with Crippen molar-refractivity contribution >= 4 is 5.78 Å². The van der Waals surface area contributed by atoms with Crippen molar-refractivity contribution in [2.24, 2.45) is 5.73 Å². The molecule has 0 radical (unpaired) electrons. The minimum Gasteiger partial charge on any atom is -0.330 e. The van der Waals surface area contributed by atoms with Crippen molar-refractivity contribution in [1.82, 2.24) is 19.6 Å². The molecule has 0 aliphatic heterocycles. The van der Waals surface area contributed by atoms with E-state index >= 15 is 0 Å². The highest BCUT2D eigenvalue weighted by molar-refractivity contribution is 5.27. The van der Waals surface area contributed by atoms with E-state index in [2.05, 4.69) is 15.2 Å². The highest BCUT2D eigenvalue weighted by Crippen LogP contribution is 2.10. The van der Waals surface area contributed by atoms with Crippen LogP contribution in [-0.4, -0.2) is 26.1 Å². The lowest BCUT2D eigenvalue weighted by atomic mass is 10.2. The first kappa shape index (κ1) is 8.12. The maximum Gasteiger partial charge on any atom is 0.254 e. The quantitative estimate of drug-likeness (QED) is 0.710. The van der Waals surface area contributed by atoms with Crippen molar-refractivity contribution in [1.29, 1.82) is 0 Å². The zero-order chi connectivity index (χ0) is 9.26. The Balaban J connectivity index is 2.57. The molecule has 0 fully saturated rings. The van der Waals surface area contributed by atoms with Gasteiger partial charge in [-0.15, -0.1) is 10.2 Å². The smallest absolute Gasteiger partial charge is 0.254 e. The van der Waals surface area contributed by atoms with Crippen LogP contribution in [-0.2, 0) is 0 Å². The molecule has 68 valence electrons. The highest BCUT2D eigenvalue weighted by Gasteiger charge is 2.11. The molecule has 0 saturated carbocycles. The second-order valence-electron chi connectivity index (χ2n) is 2.98. The molecule has 2 aromatic rings. The minimum absolute atomic E-state index is 0.208. The van der Waals surface area contributed by atoms with Gasteiger partial charge in [0.25, 0.3) is 5.78 Å². The highest BCUT2D eigenvalue weighted by atomic mass is 15.3. The van der Waals surface area contributed by atoms with Crippen LogP contribution in [0.1, 0.15) is 18.7 Å². The fraction of sp³-hybridized carbons (Fsp3) is 0.375. The zero-order valence-electron chi connectivity index (χ0n) is 7.38. The molecule has 0 bridgehead atoms. The second kappa shape index (κ2) is 3.10. The predicted octanol–water partition coefficient (Wildman–Crippen LogP) is 0.186. The third-order valence-corrected chi connectivity index (χ3v) is 2.01. The average Bonchev–Trinajstić information content (AvgIpc) is 2.60. The van der Waals surface area contributed by atoms with Gasteiger partial charge in [0.15, 0.2) is 0 Å². The number of hydrogen-bond acceptors (Lipinski definition) is 4. The maximum absolute atomic E-state index is 5.55. The molecule has 5 heteroatoms. The van der Waals surface area contributed by atoms with Crippen LogP contribution >= 0.6 is 0 Å². The number of fused-ring (bicyclic) bond motifs is 1. The normalized spacial score (nSPS) is 13.4. The van der Waals surface area contributed by atoms with Gasteiger partial charge >= 0.3 is 0 Å². The van der Waals surface area contributed by atoms with E-state index in [0.717, 1.165) is 5.82 Å². The first-order valence-corrected chi connectivity index (χ1v) is 4.18. The molecular weight excluding hydrogens is 166 g/mol. The molecular formula is C8H11N5. The lowest BCUT2D eigenvalue weighted by molar-refractivity contribution is 0.700. The SMILES string of the molecule is CC(CN)c1nnc2ncccn12. The van der Waals surface area contributed by atoms with E-state index in [-0.39, 0.29) is 5.92 Å². The number of hydrogen-bond donors (Lipinski definition) is 1. The molecule has 0 saturated heterocycles. The Morgan fingerprint density at radius 1 is 1.54 bits per heavy atom. The topological polar surface area (TPSA) is 69.1 Å². The summed E-state index contributed by atoms with van der Waals surface area (Å²) in [5, 5.41) is 7.97. The molecule has 0 spiro atoms. The van der Waals surface area contributed by atoms with Gasteiger partial charge in [-0.3, -0.25) is 4.40 Å². The Kier molecular flexibility index (Phi) is 1.94. The van der Waals surface area contributed by atoms with Crippen LogP contribution in [0.4, 0.5) is 0 Å². The second-order valence-corrected chi connectivity index (χ2v) is 2.98. The van der Waals surface area contributed by atoms with Crippen molar-refractivity contribution in [3.63, 3.8) is 0 Å². The van der Waals surface area contributed by atoms with Crippen LogP contribution < -0.4 is 5.73 Å². The number of nitrogens with zero attached hydrogens (tertiary/aromatic N) is 4. The van der Waals surface area contributed by atoms with Crippen LogP contribution in [0.25, 0.3) is 5.78 Å². The minimum atomic E-state index is 0.208. The molecule has 2 heterocycles. The van der Waals surface area contributed by atoms with Gasteiger partial charge < -0.3 is 5.73 Å². The summed E-state index contributed by atoms with van der Waals surface area (Å²) in [7, 11) is 0. The number of nitrogens with two attached hydrogens (primary N) is 1. The molecule has 2 N–H and O–H groups in total. The Morgan fingerprint density at radius 2 is 2.38 bits per heavy atom. The van der Waals surface area contributed by atoms with Gasteiger partial charge in [-0.1, -0.05) is 6.92 Å². The van der Waals surface area contributed by atoms with Crippen molar-refractivity contribution < 1.29 is 0 Å². The summed E-state index contributed by atoms with van der Waals surface area (Å²) in [6, 6.07) is 1.85. The van der Waals surface area contributed by atoms with E-state index in [1.54, 1.807) is 6.20 Å². The Labute approximate surface area is 75.6 Å². The fourth-order valence-electron chi connectivity index (χ4n) is 1.20. The standard InChI is InChI=1S/C8H11N5/c1-6(5-9)7-11-12-8-10-3-2-4-13(7)8/h2-4,6H,5,9H2,1H3. The van der Waals surface area contributed by atoms with Crippen LogP contribution in [0.3, 0.4) is 0 Å². The van der Waals surface area contributed by atoms with Crippen molar-refractivity contribution in [3.05, 3.63) is 24.3 Å². The van der Waals surface area contributed by atoms with Gasteiger partial charge in [-0.05, 0) is 6.07 Å². The molecule has 1 atom stereocenters. The summed E-state index contributed by atoms with van der Waals surface area (Å²) in [5.41, 5.74) is 5.55. The van der Waals surface area contributed by atoms with E-state index in [9.17, 15) is 0 Å². The van der Waals surface area contributed by atoms with Crippen molar-refractivity contribution in [2.75, 3.05) is 6.54 Å². The van der Waals surface area contributed by atoms with Gasteiger partial charge in [0.05, 0.1) is 0 Å². The van der Waals surface area contributed by atoms with Crippen LogP contribution in [0.15, 0.2) is 18.5 Å². The monoisotopic (exact) mass is 177 g/mol. The molecule has 5 nitrogen and oxygen atoms in total. The number of rotatable bonds is 2. The Hall–Kier alpha value is -1.49. The van der Waals surface area contributed by atoms with Gasteiger partial charge in [0.2, 0.25) is 0 Å². The Morgan fingerprint density at radius 3 is 3.15 bits per heavy atom. The van der Waals surface area contributed by atoms with Crippen LogP contribution in [0.5, 0.6) is 0 Å². The molecule has 0 aliphatic carbocycles. The van der Waals surface area contributed by atoms with E-state index < -0.39 is 0 Å². The summed E-state index contributed by atoms with van der Waals surface area (Å²) in [4.78, 5) is 4.07. The molecule has 0 aliphatic rings. The Bertz CT molecular complexity index is 408. The molecule has 13 heavy (non-hydrogen) atoms. The summed E-state index contributed by atoms with van der Waals surface area (Å²) in [6.07, 6.45) is 3.59. The first-order chi connectivity index (χ1) is 6.33. The molecule has 0 amide bonds. The fourth-order valence-corrected chi connectivity index (χ4v) is 1.20. The van der Waals surface area contributed by atoms with Crippen molar-refractivity contribution in [2.45, 2.75) is 12.8 Å². The third-order valence-electron chi connectivity index (χ3n) is 2.01. The summed E-state index contributed by atoms with van der Waals surface area (Å²) in [5.74, 6) is 1.70. The predicted molar refractivity (Wildman–Crippen MR) is 48.3 cm³/mol. The molecule has 2 rings (SSSR count). The average molecular weight is 177 g/mol.